The molecule has 1 N–H and O–H groups in total. The van der Waals surface area contributed by atoms with E-state index < -0.39 is 5.97 Å². The number of halogens is 1. The van der Waals surface area contributed by atoms with E-state index in [0.29, 0.717) is 24.5 Å². The molecule has 166 valence electrons. The van der Waals surface area contributed by atoms with Crippen molar-refractivity contribution in [1.29, 1.82) is 0 Å². The van der Waals surface area contributed by atoms with Gasteiger partial charge in [0.1, 0.15) is 23.9 Å². The van der Waals surface area contributed by atoms with Crippen LogP contribution in [0.3, 0.4) is 0 Å². The molecule has 0 bridgehead atoms. The van der Waals surface area contributed by atoms with Crippen LogP contribution in [0.15, 0.2) is 36.4 Å². The van der Waals surface area contributed by atoms with Gasteiger partial charge in [0.05, 0.1) is 13.0 Å². The third-order valence-corrected chi connectivity index (χ3v) is 6.64. The molecule has 0 amide bonds. The van der Waals surface area contributed by atoms with Crippen molar-refractivity contribution in [3.63, 3.8) is 0 Å². The molecule has 0 saturated carbocycles. The largest absolute Gasteiger partial charge is 0.492 e. The third-order valence-electron chi connectivity index (χ3n) is 6.64. The highest BCUT2D eigenvalue weighted by atomic mass is 19.1. The van der Waals surface area contributed by atoms with Crippen molar-refractivity contribution in [3.05, 3.63) is 58.9 Å². The number of carboxylic acid groups (broad SMARTS) is 1. The number of hydrogen-bond donors (Lipinski definition) is 1. The number of piperidine rings is 1. The Morgan fingerprint density at radius 3 is 2.74 bits per heavy atom. The second-order valence-corrected chi connectivity index (χ2v) is 8.96. The highest BCUT2D eigenvalue weighted by Gasteiger charge is 2.43. The summed E-state index contributed by atoms with van der Waals surface area (Å²) in [5.41, 5.74) is 2.76. The van der Waals surface area contributed by atoms with Gasteiger partial charge >= 0.3 is 5.97 Å². The topological polar surface area (TPSA) is 59.0 Å². The van der Waals surface area contributed by atoms with Crippen LogP contribution in [-0.2, 0) is 16.8 Å². The maximum atomic E-state index is 14.4. The SMILES string of the molecule is CC(C)c1cccc(F)c1COc1ccc2c(c1)OCC21CCN(CCC(=O)O)CC1. The fraction of sp³-hybridized carbons (Fsp3) is 0.480. The van der Waals surface area contributed by atoms with Crippen LogP contribution < -0.4 is 9.47 Å². The predicted octanol–water partition coefficient (Wildman–Crippen LogP) is 4.73. The normalized spacial score (nSPS) is 17.5. The second kappa shape index (κ2) is 8.87. The van der Waals surface area contributed by atoms with Crippen LogP contribution in [0.5, 0.6) is 11.5 Å². The van der Waals surface area contributed by atoms with E-state index in [1.165, 1.54) is 11.6 Å². The number of fused-ring (bicyclic) bond motifs is 2. The van der Waals surface area contributed by atoms with Gasteiger partial charge in [-0.3, -0.25) is 4.79 Å². The van der Waals surface area contributed by atoms with Gasteiger partial charge in [0.25, 0.3) is 0 Å². The number of carboxylic acids is 1. The summed E-state index contributed by atoms with van der Waals surface area (Å²) in [6.07, 6.45) is 2.08. The Balaban J connectivity index is 1.43. The van der Waals surface area contributed by atoms with Gasteiger partial charge in [-0.05, 0) is 49.5 Å². The summed E-state index contributed by atoms with van der Waals surface area (Å²) < 4.78 is 26.4. The molecule has 4 rings (SSSR count). The van der Waals surface area contributed by atoms with Crippen molar-refractivity contribution in [2.75, 3.05) is 26.2 Å². The molecule has 1 spiro atoms. The fourth-order valence-electron chi connectivity index (χ4n) is 4.74. The van der Waals surface area contributed by atoms with Crippen LogP contribution in [0, 0.1) is 5.82 Å². The van der Waals surface area contributed by atoms with Crippen molar-refractivity contribution >= 4 is 5.97 Å². The standard InChI is InChI=1S/C25H30FNO4/c1-17(2)19-4-3-5-22(26)20(19)15-30-18-6-7-21-23(14-18)31-16-25(21)9-12-27(13-10-25)11-8-24(28)29/h3-7,14,17H,8-13,15-16H2,1-2H3,(H,28,29). The Bertz CT molecular complexity index is 951. The molecule has 0 radical (unpaired) electrons. The van der Waals surface area contributed by atoms with Crippen LogP contribution >= 0.6 is 0 Å². The Labute approximate surface area is 182 Å². The first-order valence-electron chi connectivity index (χ1n) is 11.0. The molecular weight excluding hydrogens is 397 g/mol. The van der Waals surface area contributed by atoms with Gasteiger partial charge in [0, 0.05) is 29.2 Å². The fourth-order valence-corrected chi connectivity index (χ4v) is 4.74. The molecule has 5 nitrogen and oxygen atoms in total. The second-order valence-electron chi connectivity index (χ2n) is 8.96. The molecule has 31 heavy (non-hydrogen) atoms. The minimum absolute atomic E-state index is 0.00998. The zero-order chi connectivity index (χ0) is 22.0. The molecular formula is C25H30FNO4. The molecule has 2 aliphatic heterocycles. The Morgan fingerprint density at radius 2 is 2.03 bits per heavy atom. The summed E-state index contributed by atoms with van der Waals surface area (Å²) in [7, 11) is 0. The van der Waals surface area contributed by atoms with Gasteiger partial charge < -0.3 is 19.5 Å². The first-order valence-corrected chi connectivity index (χ1v) is 11.0. The smallest absolute Gasteiger partial charge is 0.304 e. The van der Waals surface area contributed by atoms with Crippen molar-refractivity contribution in [2.24, 2.45) is 0 Å². The Kier molecular flexibility index (Phi) is 6.19. The highest BCUT2D eigenvalue weighted by molar-refractivity contribution is 5.66. The lowest BCUT2D eigenvalue weighted by Gasteiger charge is -2.38. The van der Waals surface area contributed by atoms with Crippen molar-refractivity contribution < 1.29 is 23.8 Å². The molecule has 2 heterocycles. The summed E-state index contributed by atoms with van der Waals surface area (Å²) in [5.74, 6) is 0.746. The Morgan fingerprint density at radius 1 is 1.26 bits per heavy atom. The lowest BCUT2D eigenvalue weighted by Crippen LogP contribution is -2.44. The Hall–Kier alpha value is -2.60. The summed E-state index contributed by atoms with van der Waals surface area (Å²) in [6, 6.07) is 11.1. The minimum Gasteiger partial charge on any atom is -0.492 e. The van der Waals surface area contributed by atoms with Crippen molar-refractivity contribution in [2.45, 2.75) is 51.0 Å². The van der Waals surface area contributed by atoms with Crippen LogP contribution in [0.1, 0.15) is 55.7 Å². The molecule has 2 aromatic carbocycles. The van der Waals surface area contributed by atoms with Crippen LogP contribution in [0.25, 0.3) is 0 Å². The molecule has 2 aromatic rings. The number of ether oxygens (including phenoxy) is 2. The molecule has 1 fully saturated rings. The van der Waals surface area contributed by atoms with Crippen LogP contribution in [0.4, 0.5) is 4.39 Å². The van der Waals surface area contributed by atoms with Crippen molar-refractivity contribution in [1.82, 2.24) is 4.90 Å². The van der Waals surface area contributed by atoms with Gasteiger partial charge in [0.2, 0.25) is 0 Å². The molecule has 1 saturated heterocycles. The lowest BCUT2D eigenvalue weighted by molar-refractivity contribution is -0.137. The van der Waals surface area contributed by atoms with E-state index in [2.05, 4.69) is 11.0 Å². The maximum absolute atomic E-state index is 14.4. The number of nitrogens with zero attached hydrogens (tertiary/aromatic N) is 1. The van der Waals surface area contributed by atoms with E-state index in [4.69, 9.17) is 14.6 Å². The highest BCUT2D eigenvalue weighted by Crippen LogP contribution is 2.46. The van der Waals surface area contributed by atoms with Crippen molar-refractivity contribution in [3.8, 4) is 11.5 Å². The van der Waals surface area contributed by atoms with Crippen LogP contribution in [0.2, 0.25) is 0 Å². The number of likely N-dealkylation sites (tertiary alicyclic amines) is 1. The van der Waals surface area contributed by atoms with E-state index in [1.807, 2.05) is 32.0 Å². The number of benzene rings is 2. The van der Waals surface area contributed by atoms with E-state index >= 15 is 0 Å². The summed E-state index contributed by atoms with van der Waals surface area (Å²) >= 11 is 0. The zero-order valence-corrected chi connectivity index (χ0v) is 18.2. The lowest BCUT2D eigenvalue weighted by atomic mass is 9.74. The number of carbonyl (C=O) groups is 1. The van der Waals surface area contributed by atoms with Gasteiger partial charge in [-0.25, -0.2) is 4.39 Å². The minimum atomic E-state index is -0.752. The van der Waals surface area contributed by atoms with E-state index in [0.717, 1.165) is 37.2 Å². The van der Waals surface area contributed by atoms with Gasteiger partial charge in [-0.15, -0.1) is 0 Å². The van der Waals surface area contributed by atoms with Gasteiger partial charge in [-0.1, -0.05) is 32.0 Å². The monoisotopic (exact) mass is 427 g/mol. The third kappa shape index (κ3) is 4.54. The number of hydrogen-bond acceptors (Lipinski definition) is 4. The summed E-state index contributed by atoms with van der Waals surface area (Å²) in [4.78, 5) is 13.0. The average molecular weight is 428 g/mol. The molecule has 0 aromatic heterocycles. The van der Waals surface area contributed by atoms with Gasteiger partial charge in [-0.2, -0.15) is 0 Å². The van der Waals surface area contributed by atoms with E-state index in [9.17, 15) is 9.18 Å². The zero-order valence-electron chi connectivity index (χ0n) is 18.2. The van der Waals surface area contributed by atoms with Gasteiger partial charge in [0.15, 0.2) is 0 Å². The molecule has 2 aliphatic rings. The van der Waals surface area contributed by atoms with E-state index in [-0.39, 0.29) is 30.2 Å². The average Bonchev–Trinajstić information content (AvgIpc) is 3.09. The first-order chi connectivity index (χ1) is 14.9. The number of rotatable bonds is 7. The maximum Gasteiger partial charge on any atom is 0.304 e. The quantitative estimate of drug-likeness (QED) is 0.692. The summed E-state index contributed by atoms with van der Waals surface area (Å²) in [5, 5.41) is 8.90. The number of aliphatic carboxylic acids is 1. The van der Waals surface area contributed by atoms with E-state index in [1.54, 1.807) is 6.07 Å². The molecule has 0 aliphatic carbocycles. The molecule has 6 heteroatoms. The summed E-state index contributed by atoms with van der Waals surface area (Å²) in [6.45, 7) is 7.27. The predicted molar refractivity (Wildman–Crippen MR) is 116 cm³/mol. The first kappa shape index (κ1) is 21.6. The molecule has 0 unspecified atom stereocenters. The molecule has 0 atom stereocenters. The van der Waals surface area contributed by atoms with Crippen LogP contribution in [-0.4, -0.2) is 42.2 Å².